The largest absolute Gasteiger partial charge is 0.507 e. The minimum absolute atomic E-state index is 0.0506. The van der Waals surface area contributed by atoms with Gasteiger partial charge in [0.25, 0.3) is 5.56 Å². The third-order valence-electron chi connectivity index (χ3n) is 4.88. The predicted molar refractivity (Wildman–Crippen MR) is 119 cm³/mol. The van der Waals surface area contributed by atoms with Crippen LogP contribution in [0.4, 0.5) is 0 Å². The van der Waals surface area contributed by atoms with Gasteiger partial charge in [0, 0.05) is 33.3 Å². The van der Waals surface area contributed by atoms with Gasteiger partial charge in [-0.1, -0.05) is 60.3 Å². The van der Waals surface area contributed by atoms with Crippen LogP contribution in [0.15, 0.2) is 106 Å². The third-order valence-corrected chi connectivity index (χ3v) is 5.89. The maximum atomic E-state index is 13.0. The van der Waals surface area contributed by atoms with Gasteiger partial charge in [0.1, 0.15) is 5.75 Å². The van der Waals surface area contributed by atoms with Gasteiger partial charge >= 0.3 is 0 Å². The maximum absolute atomic E-state index is 13.0. The average molecular weight is 411 g/mol. The van der Waals surface area contributed by atoms with Crippen LogP contribution < -0.4 is 5.56 Å². The van der Waals surface area contributed by atoms with E-state index in [4.69, 9.17) is 0 Å². The zero-order valence-electron chi connectivity index (χ0n) is 15.8. The Balaban J connectivity index is 1.50. The van der Waals surface area contributed by atoms with Crippen molar-refractivity contribution in [2.24, 2.45) is 0 Å². The van der Waals surface area contributed by atoms with Crippen LogP contribution in [0.25, 0.3) is 27.9 Å². The fourth-order valence-electron chi connectivity index (χ4n) is 3.38. The highest BCUT2D eigenvalue weighted by molar-refractivity contribution is 7.99. The molecule has 0 aliphatic carbocycles. The number of hydrogen-bond acceptors (Lipinski definition) is 4. The number of aromatic amines is 1. The Morgan fingerprint density at radius 1 is 0.800 bits per heavy atom. The minimum Gasteiger partial charge on any atom is -0.507 e. The molecule has 0 spiro atoms. The van der Waals surface area contributed by atoms with Crippen LogP contribution in [0.1, 0.15) is 0 Å². The van der Waals surface area contributed by atoms with Gasteiger partial charge in [-0.15, -0.1) is 0 Å². The number of para-hydroxylation sites is 1. The third kappa shape index (κ3) is 3.27. The molecule has 5 nitrogen and oxygen atoms in total. The number of hydrogen-bond donors (Lipinski definition) is 2. The fraction of sp³-hybridized carbons (Fsp3) is 0. The first-order valence-corrected chi connectivity index (χ1v) is 10.2. The number of phenols is 1. The summed E-state index contributed by atoms with van der Waals surface area (Å²) in [6.07, 6.45) is 3.29. The second-order valence-corrected chi connectivity index (χ2v) is 7.93. The molecule has 0 unspecified atom stereocenters. The summed E-state index contributed by atoms with van der Waals surface area (Å²) >= 11 is 1.70. The van der Waals surface area contributed by atoms with E-state index in [2.05, 4.69) is 34.3 Å². The van der Waals surface area contributed by atoms with Crippen molar-refractivity contribution in [1.82, 2.24) is 14.6 Å². The van der Waals surface area contributed by atoms with E-state index in [1.165, 1.54) is 15.6 Å². The lowest BCUT2D eigenvalue weighted by Gasteiger charge is -2.05. The van der Waals surface area contributed by atoms with E-state index in [0.29, 0.717) is 16.8 Å². The lowest BCUT2D eigenvalue weighted by Crippen LogP contribution is -2.16. The van der Waals surface area contributed by atoms with E-state index >= 15 is 0 Å². The SMILES string of the molecule is O=c1c(-c2ccccc2O)cnc2c(-c3ccc(Sc4ccccc4)cc3)c[nH]n12. The molecule has 5 aromatic rings. The monoisotopic (exact) mass is 411 g/mol. The number of aromatic nitrogens is 3. The van der Waals surface area contributed by atoms with Crippen LogP contribution >= 0.6 is 11.8 Å². The fourth-order valence-corrected chi connectivity index (χ4v) is 4.22. The summed E-state index contributed by atoms with van der Waals surface area (Å²) in [5.41, 5.74) is 2.89. The van der Waals surface area contributed by atoms with Gasteiger partial charge in [0.05, 0.1) is 5.56 Å². The molecule has 3 aromatic carbocycles. The molecule has 146 valence electrons. The number of nitrogens with zero attached hydrogens (tertiary/aromatic N) is 2. The van der Waals surface area contributed by atoms with Gasteiger partial charge < -0.3 is 5.11 Å². The summed E-state index contributed by atoms with van der Waals surface area (Å²) in [6.45, 7) is 0. The molecule has 5 rings (SSSR count). The van der Waals surface area contributed by atoms with Crippen LogP contribution in [-0.2, 0) is 0 Å². The molecular weight excluding hydrogens is 394 g/mol. The Labute approximate surface area is 176 Å². The van der Waals surface area contributed by atoms with E-state index in [-0.39, 0.29) is 11.3 Å². The van der Waals surface area contributed by atoms with Crippen molar-refractivity contribution in [1.29, 1.82) is 0 Å². The van der Waals surface area contributed by atoms with Gasteiger partial charge in [-0.3, -0.25) is 9.89 Å². The lowest BCUT2D eigenvalue weighted by atomic mass is 10.1. The zero-order chi connectivity index (χ0) is 20.5. The van der Waals surface area contributed by atoms with Crippen molar-refractivity contribution in [3.63, 3.8) is 0 Å². The predicted octanol–water partition coefficient (Wildman–Crippen LogP) is 5.21. The van der Waals surface area contributed by atoms with Gasteiger partial charge in [0.2, 0.25) is 0 Å². The van der Waals surface area contributed by atoms with Gasteiger partial charge in [-0.2, -0.15) is 0 Å². The highest BCUT2D eigenvalue weighted by atomic mass is 32.2. The molecule has 0 radical (unpaired) electrons. The Kier molecular flexibility index (Phi) is 4.61. The number of H-pyrrole nitrogens is 1. The molecule has 0 amide bonds. The molecule has 2 aromatic heterocycles. The summed E-state index contributed by atoms with van der Waals surface area (Å²) in [6, 6.07) is 25.1. The second-order valence-electron chi connectivity index (χ2n) is 6.78. The second kappa shape index (κ2) is 7.57. The molecule has 0 saturated heterocycles. The van der Waals surface area contributed by atoms with E-state index in [0.717, 1.165) is 16.0 Å². The summed E-state index contributed by atoms with van der Waals surface area (Å²) < 4.78 is 1.41. The average Bonchev–Trinajstić information content (AvgIpc) is 3.21. The summed E-state index contributed by atoms with van der Waals surface area (Å²) in [5.74, 6) is 0.0506. The molecule has 0 fully saturated rings. The zero-order valence-corrected chi connectivity index (χ0v) is 16.6. The number of aromatic hydroxyl groups is 1. The Morgan fingerprint density at radius 3 is 2.27 bits per heavy atom. The molecular formula is C24H17N3O2S. The number of rotatable bonds is 4. The van der Waals surface area contributed by atoms with Crippen molar-refractivity contribution in [2.75, 3.05) is 0 Å². The van der Waals surface area contributed by atoms with Crippen molar-refractivity contribution >= 4 is 17.4 Å². The molecule has 0 atom stereocenters. The lowest BCUT2D eigenvalue weighted by molar-refractivity contribution is 0.477. The van der Waals surface area contributed by atoms with Gasteiger partial charge in [-0.25, -0.2) is 9.50 Å². The van der Waals surface area contributed by atoms with Crippen LogP contribution in [0.2, 0.25) is 0 Å². The van der Waals surface area contributed by atoms with E-state index < -0.39 is 0 Å². The highest BCUT2D eigenvalue weighted by Gasteiger charge is 2.14. The van der Waals surface area contributed by atoms with Gasteiger partial charge in [-0.05, 0) is 35.9 Å². The molecule has 0 saturated carbocycles. The summed E-state index contributed by atoms with van der Waals surface area (Å²) in [4.78, 5) is 19.8. The summed E-state index contributed by atoms with van der Waals surface area (Å²) in [5, 5.41) is 13.1. The van der Waals surface area contributed by atoms with Crippen molar-refractivity contribution < 1.29 is 5.11 Å². The molecule has 6 heteroatoms. The smallest absolute Gasteiger partial charge is 0.280 e. The number of fused-ring (bicyclic) bond motifs is 1. The van der Waals surface area contributed by atoms with Gasteiger partial charge in [0.15, 0.2) is 5.65 Å². The minimum atomic E-state index is -0.260. The number of phenolic OH excluding ortho intramolecular Hbond substituents is 1. The Morgan fingerprint density at radius 2 is 1.50 bits per heavy atom. The number of benzene rings is 3. The first-order valence-electron chi connectivity index (χ1n) is 9.41. The molecule has 0 aliphatic rings. The molecule has 0 aliphatic heterocycles. The normalized spacial score (nSPS) is 11.1. The number of nitrogens with one attached hydrogen (secondary N) is 1. The topological polar surface area (TPSA) is 70.4 Å². The molecule has 30 heavy (non-hydrogen) atoms. The van der Waals surface area contributed by atoms with Crippen molar-refractivity contribution in [3.05, 3.63) is 102 Å². The summed E-state index contributed by atoms with van der Waals surface area (Å²) in [7, 11) is 0. The van der Waals surface area contributed by atoms with Crippen molar-refractivity contribution in [3.8, 4) is 28.0 Å². The quantitative estimate of drug-likeness (QED) is 0.426. The standard InChI is InChI=1S/C24H17N3O2S/c28-22-9-5-4-8-19(22)21-14-25-23-20(15-26-27(23)24(21)29)16-10-12-18(13-11-16)30-17-6-2-1-3-7-17/h1-15,26,28H. The molecule has 2 heterocycles. The first-order chi connectivity index (χ1) is 14.7. The van der Waals surface area contributed by atoms with Crippen LogP contribution in [0.5, 0.6) is 5.75 Å². The van der Waals surface area contributed by atoms with E-state index in [9.17, 15) is 9.90 Å². The van der Waals surface area contributed by atoms with Crippen LogP contribution in [-0.4, -0.2) is 19.7 Å². The van der Waals surface area contributed by atoms with Crippen molar-refractivity contribution in [2.45, 2.75) is 9.79 Å². The molecule has 2 N–H and O–H groups in total. The first kappa shape index (κ1) is 18.3. The molecule has 0 bridgehead atoms. The highest BCUT2D eigenvalue weighted by Crippen LogP contribution is 2.31. The van der Waals surface area contributed by atoms with E-state index in [1.807, 2.05) is 30.3 Å². The Bertz CT molecular complexity index is 1390. The van der Waals surface area contributed by atoms with E-state index in [1.54, 1.807) is 42.2 Å². The van der Waals surface area contributed by atoms with Crippen LogP contribution in [0.3, 0.4) is 0 Å². The Hall–Kier alpha value is -3.77. The maximum Gasteiger partial charge on any atom is 0.280 e. The van der Waals surface area contributed by atoms with Crippen LogP contribution in [0, 0.1) is 0 Å².